The van der Waals surface area contributed by atoms with Crippen molar-refractivity contribution in [3.8, 4) is 6.07 Å². The number of para-hydroxylation sites is 1. The van der Waals surface area contributed by atoms with Gasteiger partial charge in [-0.3, -0.25) is 4.79 Å². The Morgan fingerprint density at radius 1 is 0.909 bits per heavy atom. The van der Waals surface area contributed by atoms with Crippen LogP contribution in [0.2, 0.25) is 5.02 Å². The van der Waals surface area contributed by atoms with E-state index >= 15 is 0 Å². The topological polar surface area (TPSA) is 57.8 Å². The van der Waals surface area contributed by atoms with Crippen molar-refractivity contribution in [2.45, 2.75) is 13.1 Å². The van der Waals surface area contributed by atoms with Gasteiger partial charge < -0.3 is 9.88 Å². The van der Waals surface area contributed by atoms with Gasteiger partial charge in [-0.1, -0.05) is 84.4 Å². The van der Waals surface area contributed by atoms with Gasteiger partial charge in [-0.15, -0.1) is 0 Å². The fourth-order valence-corrected chi connectivity index (χ4v) is 4.62. The molecule has 4 aromatic carbocycles. The summed E-state index contributed by atoms with van der Waals surface area (Å²) in [6.45, 7) is 0.821. The molecule has 4 nitrogen and oxygen atoms in total. The highest BCUT2D eigenvalue weighted by Gasteiger charge is 2.22. The van der Waals surface area contributed by atoms with Crippen LogP contribution in [0.15, 0.2) is 91.0 Å². The summed E-state index contributed by atoms with van der Waals surface area (Å²) in [5.74, 6) is -0.236. The van der Waals surface area contributed by atoms with Crippen LogP contribution in [0.25, 0.3) is 21.7 Å². The zero-order valence-electron chi connectivity index (χ0n) is 17.8. The predicted octanol–water partition coefficient (Wildman–Crippen LogP) is 6.30. The molecule has 0 aliphatic carbocycles. The lowest BCUT2D eigenvalue weighted by Gasteiger charge is -2.13. The van der Waals surface area contributed by atoms with E-state index in [4.69, 9.17) is 11.6 Å². The molecule has 5 aromatic rings. The van der Waals surface area contributed by atoms with Gasteiger partial charge in [0.2, 0.25) is 0 Å². The van der Waals surface area contributed by atoms with Gasteiger partial charge in [0.1, 0.15) is 5.69 Å². The van der Waals surface area contributed by atoms with E-state index in [9.17, 15) is 10.1 Å². The van der Waals surface area contributed by atoms with Crippen molar-refractivity contribution in [2.24, 2.45) is 0 Å². The first kappa shape index (κ1) is 20.8. The molecule has 0 saturated carbocycles. The minimum absolute atomic E-state index is 0.236. The second kappa shape index (κ2) is 8.82. The highest BCUT2D eigenvalue weighted by atomic mass is 35.5. The minimum atomic E-state index is -0.236. The van der Waals surface area contributed by atoms with E-state index in [1.54, 1.807) is 6.07 Å². The highest BCUT2D eigenvalue weighted by molar-refractivity contribution is 6.38. The number of hydrogen-bond acceptors (Lipinski definition) is 2. The number of nitrogens with one attached hydrogen (secondary N) is 1. The Labute approximate surface area is 196 Å². The van der Waals surface area contributed by atoms with E-state index in [2.05, 4.69) is 29.6 Å². The van der Waals surface area contributed by atoms with Crippen LogP contribution in [-0.2, 0) is 13.1 Å². The Bertz CT molecular complexity index is 1540. The number of rotatable bonds is 5. The Morgan fingerprint density at radius 3 is 2.48 bits per heavy atom. The molecule has 0 atom stereocenters. The van der Waals surface area contributed by atoms with Crippen LogP contribution in [0.1, 0.15) is 27.2 Å². The number of benzene rings is 4. The number of aromatic nitrogens is 1. The summed E-state index contributed by atoms with van der Waals surface area (Å²) in [6, 6.07) is 31.5. The molecule has 33 heavy (non-hydrogen) atoms. The van der Waals surface area contributed by atoms with E-state index in [1.807, 2.05) is 71.3 Å². The molecular formula is C28H20ClN3O. The molecule has 0 radical (unpaired) electrons. The first-order valence-electron chi connectivity index (χ1n) is 10.7. The smallest absolute Gasteiger partial charge is 0.269 e. The minimum Gasteiger partial charge on any atom is -0.347 e. The summed E-state index contributed by atoms with van der Waals surface area (Å²) in [6.07, 6.45) is 0. The summed E-state index contributed by atoms with van der Waals surface area (Å²) in [7, 11) is 0. The van der Waals surface area contributed by atoms with Gasteiger partial charge in [-0.2, -0.15) is 5.26 Å². The molecule has 1 amide bonds. The average Bonchev–Trinajstić information content (AvgIpc) is 3.14. The van der Waals surface area contributed by atoms with Crippen LogP contribution in [0.4, 0.5) is 0 Å². The second-order valence-electron chi connectivity index (χ2n) is 7.90. The maximum atomic E-state index is 13.4. The summed E-state index contributed by atoms with van der Waals surface area (Å²) in [5, 5.41) is 15.8. The van der Waals surface area contributed by atoms with Crippen molar-refractivity contribution in [3.63, 3.8) is 0 Å². The maximum absolute atomic E-state index is 13.4. The quantitative estimate of drug-likeness (QED) is 0.342. The molecule has 1 heterocycles. The number of nitrogens with zero attached hydrogens (tertiary/aromatic N) is 2. The Hall–Kier alpha value is -4.07. The van der Waals surface area contributed by atoms with Crippen molar-refractivity contribution >= 4 is 39.2 Å². The molecule has 5 heteroatoms. The summed E-state index contributed by atoms with van der Waals surface area (Å²) >= 11 is 6.72. The number of carbonyl (C=O) groups is 1. The molecule has 0 spiro atoms. The third-order valence-corrected chi connectivity index (χ3v) is 6.22. The fraction of sp³-hybridized carbons (Fsp3) is 0.0714. The van der Waals surface area contributed by atoms with Crippen molar-refractivity contribution in [1.82, 2.24) is 9.88 Å². The standard InChI is InChI=1S/C28H20ClN3O/c29-26-24-13-3-4-14-25(24)32(18-20-8-5-7-19(15-20)16-30)27(26)28(33)31-17-22-11-6-10-21-9-1-2-12-23(21)22/h1-15H,17-18H2,(H,31,33). The SMILES string of the molecule is N#Cc1cccc(Cn2c(C(=O)NCc3cccc4ccccc34)c(Cl)c3ccccc32)c1. The normalized spacial score (nSPS) is 10.9. The van der Waals surface area contributed by atoms with E-state index in [0.717, 1.165) is 32.8 Å². The summed E-state index contributed by atoms with van der Waals surface area (Å²) < 4.78 is 1.92. The van der Waals surface area contributed by atoms with E-state index in [1.165, 1.54) is 0 Å². The molecule has 0 unspecified atom stereocenters. The lowest BCUT2D eigenvalue weighted by molar-refractivity contribution is 0.0943. The Kier molecular flexibility index (Phi) is 5.56. The van der Waals surface area contributed by atoms with Crippen LogP contribution in [0.5, 0.6) is 0 Å². The number of fused-ring (bicyclic) bond motifs is 2. The van der Waals surface area contributed by atoms with Gasteiger partial charge in [0.15, 0.2) is 0 Å². The van der Waals surface area contributed by atoms with Gasteiger partial charge in [0.25, 0.3) is 5.91 Å². The molecule has 0 fully saturated rings. The predicted molar refractivity (Wildman–Crippen MR) is 132 cm³/mol. The molecule has 0 aliphatic heterocycles. The summed E-state index contributed by atoms with van der Waals surface area (Å²) in [4.78, 5) is 13.4. The lowest BCUT2D eigenvalue weighted by Crippen LogP contribution is -2.26. The first-order chi connectivity index (χ1) is 16.2. The van der Waals surface area contributed by atoms with E-state index in [0.29, 0.717) is 29.4 Å². The monoisotopic (exact) mass is 449 g/mol. The van der Waals surface area contributed by atoms with Gasteiger partial charge in [0.05, 0.1) is 22.2 Å². The number of hydrogen-bond donors (Lipinski definition) is 1. The summed E-state index contributed by atoms with van der Waals surface area (Å²) in [5.41, 5.74) is 3.84. The molecule has 0 aliphatic rings. The van der Waals surface area contributed by atoms with Crippen LogP contribution >= 0.6 is 11.6 Å². The molecule has 1 aromatic heterocycles. The zero-order valence-corrected chi connectivity index (χ0v) is 18.5. The van der Waals surface area contributed by atoms with E-state index < -0.39 is 0 Å². The Morgan fingerprint density at radius 2 is 1.64 bits per heavy atom. The molecule has 1 N–H and O–H groups in total. The van der Waals surface area contributed by atoms with Crippen LogP contribution < -0.4 is 5.32 Å². The average molecular weight is 450 g/mol. The third-order valence-electron chi connectivity index (χ3n) is 5.84. The van der Waals surface area contributed by atoms with Gasteiger partial charge in [-0.05, 0) is 40.1 Å². The largest absolute Gasteiger partial charge is 0.347 e. The highest BCUT2D eigenvalue weighted by Crippen LogP contribution is 2.31. The van der Waals surface area contributed by atoms with Crippen molar-refractivity contribution in [1.29, 1.82) is 5.26 Å². The number of amides is 1. The van der Waals surface area contributed by atoms with E-state index in [-0.39, 0.29) is 5.91 Å². The van der Waals surface area contributed by atoms with Gasteiger partial charge in [0, 0.05) is 18.5 Å². The number of halogens is 1. The molecule has 0 saturated heterocycles. The maximum Gasteiger partial charge on any atom is 0.269 e. The molecule has 5 rings (SSSR count). The van der Waals surface area contributed by atoms with Crippen molar-refractivity contribution in [3.05, 3.63) is 118 Å². The Balaban J connectivity index is 1.51. The zero-order chi connectivity index (χ0) is 22.8. The van der Waals surface area contributed by atoms with Crippen LogP contribution in [-0.4, -0.2) is 10.5 Å². The molecular weight excluding hydrogens is 430 g/mol. The van der Waals surface area contributed by atoms with Crippen molar-refractivity contribution in [2.75, 3.05) is 0 Å². The third kappa shape index (κ3) is 3.95. The molecule has 160 valence electrons. The van der Waals surface area contributed by atoms with Crippen molar-refractivity contribution < 1.29 is 4.79 Å². The number of nitriles is 1. The van der Waals surface area contributed by atoms with Gasteiger partial charge >= 0.3 is 0 Å². The van der Waals surface area contributed by atoms with Gasteiger partial charge in [-0.25, -0.2) is 0 Å². The first-order valence-corrected chi connectivity index (χ1v) is 11.0. The lowest BCUT2D eigenvalue weighted by atomic mass is 10.0. The second-order valence-corrected chi connectivity index (χ2v) is 8.28. The van der Waals surface area contributed by atoms with Crippen LogP contribution in [0, 0.1) is 11.3 Å². The number of carbonyl (C=O) groups excluding carboxylic acids is 1. The fourth-order valence-electron chi connectivity index (χ4n) is 4.28. The van der Waals surface area contributed by atoms with Crippen LogP contribution in [0.3, 0.4) is 0 Å². The molecule has 0 bridgehead atoms.